The van der Waals surface area contributed by atoms with Crippen molar-refractivity contribution in [2.24, 2.45) is 0 Å². The maximum Gasteiger partial charge on any atom is 0.243 e. The third-order valence-electron chi connectivity index (χ3n) is 7.90. The van der Waals surface area contributed by atoms with Crippen molar-refractivity contribution in [3.8, 4) is 0 Å². The lowest BCUT2D eigenvalue weighted by atomic mass is 9.99. The van der Waals surface area contributed by atoms with Gasteiger partial charge in [0.05, 0.1) is 18.8 Å². The van der Waals surface area contributed by atoms with Crippen LogP contribution in [0.1, 0.15) is 99.7 Å². The summed E-state index contributed by atoms with van der Waals surface area (Å²) in [6.45, 7) is 3.06. The summed E-state index contributed by atoms with van der Waals surface area (Å²) in [6, 6.07) is 15.6. The van der Waals surface area contributed by atoms with Gasteiger partial charge in [0.25, 0.3) is 0 Å². The van der Waals surface area contributed by atoms with Crippen molar-refractivity contribution in [1.29, 1.82) is 0 Å². The minimum atomic E-state index is -0.569. The number of carbonyl (C=O) groups is 2. The third kappa shape index (κ3) is 10.2. The van der Waals surface area contributed by atoms with Gasteiger partial charge in [-0.25, -0.2) is 5.48 Å². The van der Waals surface area contributed by atoms with Crippen molar-refractivity contribution >= 4 is 17.5 Å². The quantitative estimate of drug-likeness (QED) is 0.154. The molecule has 2 aromatic rings. The standard InChI is InChI=1S/C32H45N3O6/c36-23-24-14-16-25(17-15-24)29-21-28(22-35-18-7-2-1-3-8-19-35)40-32(41-29)26-10-9-11-27(20-26)33-30(37)12-5-4-6-13-31(38)34-39/h9-11,14-17,20,28-29,32,36,39H,1-8,12-13,18-19,21-23H2,(H,33,37)(H,34,38). The minimum absolute atomic E-state index is 0.00172. The number of rotatable bonds is 12. The smallest absolute Gasteiger partial charge is 0.243 e. The third-order valence-corrected chi connectivity index (χ3v) is 7.90. The molecule has 224 valence electrons. The zero-order valence-electron chi connectivity index (χ0n) is 23.9. The molecule has 3 unspecified atom stereocenters. The van der Waals surface area contributed by atoms with Crippen LogP contribution in [0.3, 0.4) is 0 Å². The number of hydrogen-bond acceptors (Lipinski definition) is 7. The van der Waals surface area contributed by atoms with Gasteiger partial charge in [-0.05, 0) is 62.0 Å². The van der Waals surface area contributed by atoms with E-state index in [1.54, 1.807) is 5.48 Å². The summed E-state index contributed by atoms with van der Waals surface area (Å²) < 4.78 is 13.1. The van der Waals surface area contributed by atoms with Crippen LogP contribution in [0, 0.1) is 0 Å². The van der Waals surface area contributed by atoms with E-state index in [0.717, 1.165) is 49.2 Å². The summed E-state index contributed by atoms with van der Waals surface area (Å²) >= 11 is 0. The Morgan fingerprint density at radius 1 is 0.854 bits per heavy atom. The van der Waals surface area contributed by atoms with Gasteiger partial charge < -0.3 is 24.8 Å². The van der Waals surface area contributed by atoms with Gasteiger partial charge in [-0.3, -0.25) is 14.8 Å². The Morgan fingerprint density at radius 2 is 1.56 bits per heavy atom. The molecule has 0 spiro atoms. The number of hydroxylamine groups is 1. The van der Waals surface area contributed by atoms with Crippen LogP contribution in [-0.4, -0.2) is 52.8 Å². The van der Waals surface area contributed by atoms with Gasteiger partial charge in [0, 0.05) is 37.1 Å². The molecule has 2 aliphatic rings. The van der Waals surface area contributed by atoms with E-state index < -0.39 is 12.2 Å². The van der Waals surface area contributed by atoms with E-state index in [0.29, 0.717) is 24.9 Å². The number of hydrogen-bond donors (Lipinski definition) is 4. The van der Waals surface area contributed by atoms with E-state index in [2.05, 4.69) is 10.2 Å². The first-order chi connectivity index (χ1) is 20.0. The Balaban J connectivity index is 1.40. The average molecular weight is 568 g/mol. The number of aliphatic hydroxyl groups is 1. The molecule has 9 heteroatoms. The van der Waals surface area contributed by atoms with Gasteiger partial charge >= 0.3 is 0 Å². The molecule has 2 amide bonds. The highest BCUT2D eigenvalue weighted by Gasteiger charge is 2.33. The second-order valence-corrected chi connectivity index (χ2v) is 11.2. The first-order valence-corrected chi connectivity index (χ1v) is 15.1. The predicted octanol–water partition coefficient (Wildman–Crippen LogP) is 5.38. The van der Waals surface area contributed by atoms with Crippen LogP contribution in [0.4, 0.5) is 5.69 Å². The van der Waals surface area contributed by atoms with Crippen molar-refractivity contribution in [1.82, 2.24) is 10.4 Å². The second-order valence-electron chi connectivity index (χ2n) is 11.2. The number of likely N-dealkylation sites (tertiary alicyclic amines) is 1. The summed E-state index contributed by atoms with van der Waals surface area (Å²) in [7, 11) is 0. The summed E-state index contributed by atoms with van der Waals surface area (Å²) in [5, 5.41) is 21.0. The molecule has 41 heavy (non-hydrogen) atoms. The Kier molecular flexibility index (Phi) is 12.6. The molecule has 2 heterocycles. The number of ether oxygens (including phenoxy) is 2. The fourth-order valence-corrected chi connectivity index (χ4v) is 5.61. The number of nitrogens with zero attached hydrogens (tertiary/aromatic N) is 1. The van der Waals surface area contributed by atoms with E-state index in [1.807, 2.05) is 48.5 Å². The molecule has 2 saturated heterocycles. The van der Waals surface area contributed by atoms with Crippen molar-refractivity contribution in [3.05, 3.63) is 65.2 Å². The Bertz CT molecular complexity index is 1090. The Morgan fingerprint density at radius 3 is 2.27 bits per heavy atom. The van der Waals surface area contributed by atoms with Crippen LogP contribution in [0.2, 0.25) is 0 Å². The lowest BCUT2D eigenvalue weighted by molar-refractivity contribution is -0.253. The SMILES string of the molecule is O=C(CCCCCC(=O)Nc1cccc(C2OC(CN3CCCCCCC3)CC(c3ccc(CO)cc3)O2)c1)NO. The lowest BCUT2D eigenvalue weighted by Gasteiger charge is -2.39. The summed E-state index contributed by atoms with van der Waals surface area (Å²) in [4.78, 5) is 26.2. The van der Waals surface area contributed by atoms with E-state index in [4.69, 9.17) is 14.7 Å². The molecule has 4 rings (SSSR count). The van der Waals surface area contributed by atoms with E-state index >= 15 is 0 Å². The number of nitrogens with one attached hydrogen (secondary N) is 2. The molecule has 2 fully saturated rings. The summed E-state index contributed by atoms with van der Waals surface area (Å²) in [6.07, 6.45) is 8.98. The molecule has 0 saturated carbocycles. The number of aliphatic hydroxyl groups excluding tert-OH is 1. The highest BCUT2D eigenvalue weighted by Crippen LogP contribution is 2.38. The Hall–Kier alpha value is -2.82. The summed E-state index contributed by atoms with van der Waals surface area (Å²) in [5.74, 6) is -0.497. The van der Waals surface area contributed by atoms with Crippen LogP contribution < -0.4 is 10.8 Å². The van der Waals surface area contributed by atoms with Crippen LogP contribution in [0.5, 0.6) is 0 Å². The number of anilines is 1. The zero-order chi connectivity index (χ0) is 28.9. The fourth-order valence-electron chi connectivity index (χ4n) is 5.61. The highest BCUT2D eigenvalue weighted by molar-refractivity contribution is 5.90. The monoisotopic (exact) mass is 567 g/mol. The predicted molar refractivity (Wildman–Crippen MR) is 156 cm³/mol. The van der Waals surface area contributed by atoms with E-state index in [1.165, 1.54) is 32.1 Å². The highest BCUT2D eigenvalue weighted by atomic mass is 16.7. The topological polar surface area (TPSA) is 120 Å². The number of carbonyl (C=O) groups excluding carboxylic acids is 2. The van der Waals surface area contributed by atoms with Crippen molar-refractivity contribution in [2.75, 3.05) is 25.0 Å². The van der Waals surface area contributed by atoms with Gasteiger partial charge in [0.2, 0.25) is 11.8 Å². The van der Waals surface area contributed by atoms with Crippen LogP contribution in [0.25, 0.3) is 0 Å². The maximum atomic E-state index is 12.6. The number of amides is 2. The fraction of sp³-hybridized carbons (Fsp3) is 0.562. The van der Waals surface area contributed by atoms with E-state index in [9.17, 15) is 14.7 Å². The molecule has 4 N–H and O–H groups in total. The van der Waals surface area contributed by atoms with Crippen molar-refractivity contribution in [3.63, 3.8) is 0 Å². The first kappa shape index (κ1) is 31.1. The molecule has 0 aromatic heterocycles. The molecular weight excluding hydrogens is 522 g/mol. The average Bonchev–Trinajstić information content (AvgIpc) is 2.98. The number of unbranched alkanes of at least 4 members (excludes halogenated alkanes) is 2. The normalized spacial score (nSPS) is 22.0. The molecule has 0 aliphatic carbocycles. The molecule has 0 radical (unpaired) electrons. The summed E-state index contributed by atoms with van der Waals surface area (Å²) in [5.41, 5.74) is 5.10. The number of benzene rings is 2. The van der Waals surface area contributed by atoms with Crippen LogP contribution in [0.15, 0.2) is 48.5 Å². The van der Waals surface area contributed by atoms with Gasteiger partial charge in [-0.15, -0.1) is 0 Å². The molecule has 2 aliphatic heterocycles. The first-order valence-electron chi connectivity index (χ1n) is 15.1. The second kappa shape index (κ2) is 16.6. The van der Waals surface area contributed by atoms with Crippen molar-refractivity contribution < 1.29 is 29.4 Å². The molecule has 2 aromatic carbocycles. The van der Waals surface area contributed by atoms with Gasteiger partial charge in [-0.1, -0.05) is 62.1 Å². The van der Waals surface area contributed by atoms with Gasteiger partial charge in [0.15, 0.2) is 6.29 Å². The van der Waals surface area contributed by atoms with Crippen molar-refractivity contribution in [2.45, 2.75) is 95.7 Å². The lowest BCUT2D eigenvalue weighted by Crippen LogP contribution is -2.40. The minimum Gasteiger partial charge on any atom is -0.392 e. The maximum absolute atomic E-state index is 12.6. The van der Waals surface area contributed by atoms with E-state index in [-0.39, 0.29) is 31.1 Å². The van der Waals surface area contributed by atoms with Crippen LogP contribution in [-0.2, 0) is 25.7 Å². The molecule has 0 bridgehead atoms. The van der Waals surface area contributed by atoms with Gasteiger partial charge in [0.1, 0.15) is 0 Å². The largest absolute Gasteiger partial charge is 0.392 e. The Labute approximate surface area is 243 Å². The van der Waals surface area contributed by atoms with Crippen LogP contribution >= 0.6 is 0 Å². The molecule has 9 nitrogen and oxygen atoms in total. The zero-order valence-corrected chi connectivity index (χ0v) is 23.9. The molecule has 3 atom stereocenters. The van der Waals surface area contributed by atoms with Gasteiger partial charge in [-0.2, -0.15) is 0 Å². The molecular formula is C32H45N3O6.